The van der Waals surface area contributed by atoms with Crippen molar-refractivity contribution in [2.45, 2.75) is 74.8 Å². The quantitative estimate of drug-likeness (QED) is 0.822. The first-order valence-corrected chi connectivity index (χ1v) is 9.89. The van der Waals surface area contributed by atoms with Gasteiger partial charge < -0.3 is 14.6 Å². The molecule has 1 unspecified atom stereocenters. The maximum Gasteiger partial charge on any atom is 0.224 e. The number of nitrogens with one attached hydrogen (secondary N) is 1. The summed E-state index contributed by atoms with van der Waals surface area (Å²) in [5.74, 6) is 1.25. The van der Waals surface area contributed by atoms with Crippen LogP contribution in [0.2, 0.25) is 0 Å². The van der Waals surface area contributed by atoms with Crippen LogP contribution in [-0.2, 0) is 11.3 Å². The highest BCUT2D eigenvalue weighted by molar-refractivity contribution is 7.99. The molecule has 5 heteroatoms. The number of furan rings is 1. The molecule has 1 aliphatic heterocycles. The van der Waals surface area contributed by atoms with Crippen molar-refractivity contribution in [2.75, 3.05) is 13.1 Å². The van der Waals surface area contributed by atoms with Crippen LogP contribution in [0.5, 0.6) is 0 Å². The van der Waals surface area contributed by atoms with Gasteiger partial charge in [-0.1, -0.05) is 37.9 Å². The summed E-state index contributed by atoms with van der Waals surface area (Å²) in [5.41, 5.74) is 0. The summed E-state index contributed by atoms with van der Waals surface area (Å²) in [6.45, 7) is 4.53. The number of hydrogen-bond acceptors (Lipinski definition) is 4. The average Bonchev–Trinajstić information content (AvgIpc) is 3.14. The number of amides is 1. The first-order chi connectivity index (χ1) is 11.2. The largest absolute Gasteiger partial charge is 0.454 e. The number of carbonyl (C=O) groups is 1. The van der Waals surface area contributed by atoms with Crippen molar-refractivity contribution in [3.63, 3.8) is 0 Å². The van der Waals surface area contributed by atoms with Crippen molar-refractivity contribution in [2.24, 2.45) is 0 Å². The monoisotopic (exact) mass is 336 g/mol. The zero-order valence-corrected chi connectivity index (χ0v) is 14.9. The van der Waals surface area contributed by atoms with Gasteiger partial charge in [-0.3, -0.25) is 4.79 Å². The van der Waals surface area contributed by atoms with Gasteiger partial charge in [-0.15, -0.1) is 0 Å². The van der Waals surface area contributed by atoms with Crippen molar-refractivity contribution in [1.29, 1.82) is 0 Å². The first-order valence-electron chi connectivity index (χ1n) is 9.01. The fraction of sp³-hybridized carbons (Fsp3) is 0.722. The second-order valence-electron chi connectivity index (χ2n) is 6.72. The maximum absolute atomic E-state index is 11.9. The Morgan fingerprint density at radius 1 is 1.30 bits per heavy atom. The summed E-state index contributed by atoms with van der Waals surface area (Å²) in [4.78, 5) is 13.8. The predicted octanol–water partition coefficient (Wildman–Crippen LogP) is 3.80. The van der Waals surface area contributed by atoms with Crippen LogP contribution in [0.15, 0.2) is 21.6 Å². The Hall–Kier alpha value is -0.940. The topological polar surface area (TPSA) is 45.5 Å². The van der Waals surface area contributed by atoms with E-state index in [1.54, 1.807) is 0 Å². The molecule has 1 aromatic heterocycles. The highest BCUT2D eigenvalue weighted by Crippen LogP contribution is 2.34. The zero-order chi connectivity index (χ0) is 16.1. The molecule has 1 saturated carbocycles. The summed E-state index contributed by atoms with van der Waals surface area (Å²) >= 11 is 1.89. The van der Waals surface area contributed by atoms with E-state index >= 15 is 0 Å². The molecule has 0 aromatic carbocycles. The van der Waals surface area contributed by atoms with E-state index in [-0.39, 0.29) is 11.9 Å². The molecule has 0 radical (unpaired) electrons. The van der Waals surface area contributed by atoms with E-state index in [9.17, 15) is 4.79 Å². The molecule has 1 N–H and O–H groups in total. The lowest BCUT2D eigenvalue weighted by Crippen LogP contribution is -2.32. The summed E-state index contributed by atoms with van der Waals surface area (Å²) in [7, 11) is 0. The Bertz CT molecular complexity index is 511. The Labute approximate surface area is 143 Å². The SMILES string of the molecule is CCCN1CC(NCc2ccc(SC3CCCCC3)o2)CC1=O. The van der Waals surface area contributed by atoms with Crippen molar-refractivity contribution in [1.82, 2.24) is 10.2 Å². The minimum Gasteiger partial charge on any atom is -0.454 e. The Kier molecular flexibility index (Phi) is 6.06. The minimum absolute atomic E-state index is 0.258. The fourth-order valence-corrected chi connectivity index (χ4v) is 4.70. The molecule has 2 heterocycles. The van der Waals surface area contributed by atoms with Gasteiger partial charge in [0.05, 0.1) is 6.54 Å². The van der Waals surface area contributed by atoms with Crippen LogP contribution in [0.4, 0.5) is 0 Å². The maximum atomic E-state index is 11.9. The van der Waals surface area contributed by atoms with E-state index in [1.807, 2.05) is 16.7 Å². The average molecular weight is 337 g/mol. The Balaban J connectivity index is 1.43. The number of carbonyl (C=O) groups excluding carboxylic acids is 1. The van der Waals surface area contributed by atoms with Crippen LogP contribution in [0.1, 0.15) is 57.6 Å². The van der Waals surface area contributed by atoms with Gasteiger partial charge in [-0.05, 0) is 31.4 Å². The molecular weight excluding hydrogens is 308 g/mol. The third kappa shape index (κ3) is 4.77. The molecule has 23 heavy (non-hydrogen) atoms. The Morgan fingerprint density at radius 2 is 2.13 bits per heavy atom. The van der Waals surface area contributed by atoms with Crippen LogP contribution in [0, 0.1) is 0 Å². The van der Waals surface area contributed by atoms with E-state index in [2.05, 4.69) is 24.4 Å². The van der Waals surface area contributed by atoms with Gasteiger partial charge in [0.1, 0.15) is 5.76 Å². The number of likely N-dealkylation sites (tertiary alicyclic amines) is 1. The number of nitrogens with zero attached hydrogens (tertiary/aromatic N) is 1. The van der Waals surface area contributed by atoms with Gasteiger partial charge >= 0.3 is 0 Å². The van der Waals surface area contributed by atoms with Gasteiger partial charge in [0.25, 0.3) is 0 Å². The van der Waals surface area contributed by atoms with Crippen LogP contribution >= 0.6 is 11.8 Å². The van der Waals surface area contributed by atoms with Gasteiger partial charge in [0.2, 0.25) is 5.91 Å². The number of rotatable bonds is 7. The molecule has 1 aliphatic carbocycles. The highest BCUT2D eigenvalue weighted by Gasteiger charge is 2.28. The molecule has 1 saturated heterocycles. The minimum atomic E-state index is 0.258. The van der Waals surface area contributed by atoms with E-state index in [4.69, 9.17) is 4.42 Å². The van der Waals surface area contributed by atoms with Gasteiger partial charge in [-0.25, -0.2) is 0 Å². The molecule has 2 aliphatic rings. The molecule has 0 bridgehead atoms. The summed E-state index contributed by atoms with van der Waals surface area (Å²) in [6, 6.07) is 4.42. The Morgan fingerprint density at radius 3 is 2.91 bits per heavy atom. The zero-order valence-electron chi connectivity index (χ0n) is 14.1. The summed E-state index contributed by atoms with van der Waals surface area (Å²) in [5, 5.41) is 5.24. The van der Waals surface area contributed by atoms with Crippen molar-refractivity contribution in [3.8, 4) is 0 Å². The molecular formula is C18H28N2O2S. The van der Waals surface area contributed by atoms with Gasteiger partial charge in [-0.2, -0.15) is 0 Å². The van der Waals surface area contributed by atoms with Crippen LogP contribution in [0.3, 0.4) is 0 Å². The van der Waals surface area contributed by atoms with Crippen molar-refractivity contribution in [3.05, 3.63) is 17.9 Å². The smallest absolute Gasteiger partial charge is 0.224 e. The lowest BCUT2D eigenvalue weighted by atomic mass is 10.0. The second-order valence-corrected chi connectivity index (χ2v) is 8.03. The molecule has 4 nitrogen and oxygen atoms in total. The number of thioether (sulfide) groups is 1. The lowest BCUT2D eigenvalue weighted by Gasteiger charge is -2.19. The van der Waals surface area contributed by atoms with E-state index < -0.39 is 0 Å². The highest BCUT2D eigenvalue weighted by atomic mass is 32.2. The van der Waals surface area contributed by atoms with Crippen LogP contribution in [-0.4, -0.2) is 35.2 Å². The van der Waals surface area contributed by atoms with Crippen LogP contribution in [0.25, 0.3) is 0 Å². The number of hydrogen-bond donors (Lipinski definition) is 1. The summed E-state index contributed by atoms with van der Waals surface area (Å²) < 4.78 is 5.95. The predicted molar refractivity (Wildman–Crippen MR) is 93.6 cm³/mol. The molecule has 1 atom stereocenters. The van der Waals surface area contributed by atoms with E-state index in [1.165, 1.54) is 32.1 Å². The van der Waals surface area contributed by atoms with E-state index in [0.717, 1.165) is 35.6 Å². The third-order valence-corrected chi connectivity index (χ3v) is 6.00. The van der Waals surface area contributed by atoms with Crippen LogP contribution < -0.4 is 5.32 Å². The molecule has 0 spiro atoms. The fourth-order valence-electron chi connectivity index (χ4n) is 3.50. The second kappa shape index (κ2) is 8.25. The van der Waals surface area contributed by atoms with E-state index in [0.29, 0.717) is 13.0 Å². The normalized spacial score (nSPS) is 22.9. The first kappa shape index (κ1) is 16.9. The molecule has 2 fully saturated rings. The molecule has 128 valence electrons. The van der Waals surface area contributed by atoms with Crippen molar-refractivity contribution < 1.29 is 9.21 Å². The third-order valence-electron chi connectivity index (χ3n) is 4.75. The van der Waals surface area contributed by atoms with Crippen molar-refractivity contribution >= 4 is 17.7 Å². The standard InChI is InChI=1S/C18H28N2O2S/c1-2-10-20-13-14(11-17(20)21)19-12-15-8-9-18(22-15)23-16-6-4-3-5-7-16/h8-9,14,16,19H,2-7,10-13H2,1H3. The van der Waals surface area contributed by atoms with Gasteiger partial charge in [0.15, 0.2) is 5.09 Å². The molecule has 1 aromatic rings. The molecule has 1 amide bonds. The summed E-state index contributed by atoms with van der Waals surface area (Å²) in [6.07, 6.45) is 8.38. The molecule has 3 rings (SSSR count). The lowest BCUT2D eigenvalue weighted by molar-refractivity contribution is -0.127. The van der Waals surface area contributed by atoms with Gasteiger partial charge in [0, 0.05) is 30.8 Å².